The lowest BCUT2D eigenvalue weighted by molar-refractivity contribution is -0.108. The Kier molecular flexibility index (Phi) is 3.46. The maximum Gasteiger partial charge on any atom is 0.293 e. The number of alkyl halides is 1. The van der Waals surface area contributed by atoms with Gasteiger partial charge in [-0.3, -0.25) is 9.59 Å². The van der Waals surface area contributed by atoms with E-state index in [2.05, 4.69) is 0 Å². The third kappa shape index (κ3) is 2.54. The molecule has 0 spiro atoms. The number of carbonyl (C=O) groups is 2. The van der Waals surface area contributed by atoms with Gasteiger partial charge in [-0.2, -0.15) is 0 Å². The SMILES string of the molecule is O=C(Cl)C(=O)c1ccc(CCl)cc1. The molecule has 68 valence electrons. The monoisotopic (exact) mass is 216 g/mol. The number of rotatable bonds is 3. The van der Waals surface area contributed by atoms with Gasteiger partial charge in [-0.25, -0.2) is 0 Å². The van der Waals surface area contributed by atoms with Crippen LogP contribution >= 0.6 is 23.2 Å². The van der Waals surface area contributed by atoms with Gasteiger partial charge in [0.15, 0.2) is 0 Å². The average Bonchev–Trinajstić information content (AvgIpc) is 2.17. The third-order valence-electron chi connectivity index (χ3n) is 1.55. The minimum atomic E-state index is -0.973. The largest absolute Gasteiger partial charge is 0.293 e. The van der Waals surface area contributed by atoms with Gasteiger partial charge in [0, 0.05) is 11.4 Å². The summed E-state index contributed by atoms with van der Waals surface area (Å²) in [5.74, 6) is -0.314. The predicted molar refractivity (Wildman–Crippen MR) is 51.2 cm³/mol. The molecule has 0 aliphatic carbocycles. The van der Waals surface area contributed by atoms with Gasteiger partial charge in [-0.15, -0.1) is 11.6 Å². The molecule has 0 N–H and O–H groups in total. The Labute approximate surface area is 85.5 Å². The van der Waals surface area contributed by atoms with E-state index in [1.165, 1.54) is 12.1 Å². The summed E-state index contributed by atoms with van der Waals surface area (Å²) in [6.45, 7) is 0. The van der Waals surface area contributed by atoms with Crippen LogP contribution in [0.2, 0.25) is 0 Å². The topological polar surface area (TPSA) is 34.1 Å². The van der Waals surface area contributed by atoms with Crippen molar-refractivity contribution in [1.82, 2.24) is 0 Å². The van der Waals surface area contributed by atoms with Crippen LogP contribution in [-0.4, -0.2) is 11.0 Å². The number of hydrogen-bond acceptors (Lipinski definition) is 2. The van der Waals surface area contributed by atoms with E-state index in [1.54, 1.807) is 12.1 Å². The van der Waals surface area contributed by atoms with Crippen LogP contribution in [0, 0.1) is 0 Å². The summed E-state index contributed by atoms with van der Waals surface area (Å²) in [6.07, 6.45) is 0. The molecule has 0 fully saturated rings. The van der Waals surface area contributed by atoms with Gasteiger partial charge in [0.1, 0.15) is 0 Å². The summed E-state index contributed by atoms with van der Waals surface area (Å²) in [6, 6.07) is 6.42. The first-order valence-electron chi connectivity index (χ1n) is 3.54. The molecule has 0 aromatic heterocycles. The Morgan fingerprint density at radius 1 is 1.15 bits per heavy atom. The zero-order chi connectivity index (χ0) is 9.84. The van der Waals surface area contributed by atoms with Crippen molar-refractivity contribution >= 4 is 34.2 Å². The van der Waals surface area contributed by atoms with E-state index in [9.17, 15) is 9.59 Å². The number of ketones is 1. The standard InChI is InChI=1S/C9H6Cl2O2/c10-5-6-1-3-7(4-2-6)8(12)9(11)13/h1-4H,5H2. The highest BCUT2D eigenvalue weighted by Gasteiger charge is 2.12. The second-order valence-electron chi connectivity index (χ2n) is 2.43. The first kappa shape index (κ1) is 10.2. The van der Waals surface area contributed by atoms with Gasteiger partial charge >= 0.3 is 0 Å². The van der Waals surface area contributed by atoms with Gasteiger partial charge in [0.05, 0.1) is 0 Å². The second kappa shape index (κ2) is 4.40. The molecule has 0 heterocycles. The summed E-state index contributed by atoms with van der Waals surface area (Å²) in [5.41, 5.74) is 1.18. The molecule has 1 aromatic rings. The molecule has 0 bridgehead atoms. The van der Waals surface area contributed by atoms with Crippen molar-refractivity contribution in [2.75, 3.05) is 0 Å². The molecule has 0 saturated carbocycles. The quantitative estimate of drug-likeness (QED) is 0.337. The highest BCUT2D eigenvalue weighted by atomic mass is 35.5. The summed E-state index contributed by atoms with van der Waals surface area (Å²) in [7, 11) is 0. The Bertz CT molecular complexity index is 330. The van der Waals surface area contributed by atoms with Gasteiger partial charge in [0.25, 0.3) is 5.24 Å². The summed E-state index contributed by atoms with van der Waals surface area (Å²) in [4.78, 5) is 21.5. The molecule has 2 nitrogen and oxygen atoms in total. The smallest absolute Gasteiger partial charge is 0.284 e. The summed E-state index contributed by atoms with van der Waals surface area (Å²) in [5, 5.41) is -0.973. The predicted octanol–water partition coefficient (Wildman–Crippen LogP) is 2.37. The highest BCUT2D eigenvalue weighted by molar-refractivity contribution is 6.83. The van der Waals surface area contributed by atoms with Crippen LogP contribution in [0.15, 0.2) is 24.3 Å². The highest BCUT2D eigenvalue weighted by Crippen LogP contribution is 2.08. The van der Waals surface area contributed by atoms with E-state index in [-0.39, 0.29) is 5.56 Å². The van der Waals surface area contributed by atoms with Gasteiger partial charge in [0.2, 0.25) is 5.78 Å². The molecule has 1 rings (SSSR count). The Morgan fingerprint density at radius 3 is 2.08 bits per heavy atom. The van der Waals surface area contributed by atoms with Crippen molar-refractivity contribution in [2.45, 2.75) is 5.88 Å². The van der Waals surface area contributed by atoms with E-state index in [0.717, 1.165) is 5.56 Å². The van der Waals surface area contributed by atoms with Crippen molar-refractivity contribution in [3.63, 3.8) is 0 Å². The van der Waals surface area contributed by atoms with Crippen LogP contribution in [-0.2, 0) is 10.7 Å². The zero-order valence-electron chi connectivity index (χ0n) is 6.59. The van der Waals surface area contributed by atoms with Crippen LogP contribution in [0.1, 0.15) is 15.9 Å². The Hall–Kier alpha value is -0.860. The molecule has 13 heavy (non-hydrogen) atoms. The third-order valence-corrected chi connectivity index (χ3v) is 2.03. The normalized spacial score (nSPS) is 9.69. The van der Waals surface area contributed by atoms with Gasteiger partial charge in [-0.1, -0.05) is 24.3 Å². The van der Waals surface area contributed by atoms with Crippen LogP contribution < -0.4 is 0 Å². The lowest BCUT2D eigenvalue weighted by atomic mass is 10.1. The van der Waals surface area contributed by atoms with E-state index >= 15 is 0 Å². The van der Waals surface area contributed by atoms with Crippen molar-refractivity contribution in [1.29, 1.82) is 0 Å². The molecule has 0 amide bonds. The van der Waals surface area contributed by atoms with Crippen molar-refractivity contribution < 1.29 is 9.59 Å². The van der Waals surface area contributed by atoms with E-state index in [4.69, 9.17) is 23.2 Å². The first-order valence-corrected chi connectivity index (χ1v) is 4.45. The first-order chi connectivity index (χ1) is 6.15. The average molecular weight is 217 g/mol. The Balaban J connectivity index is 2.92. The van der Waals surface area contributed by atoms with Crippen LogP contribution in [0.3, 0.4) is 0 Å². The molecule has 0 aliphatic rings. The molecule has 0 saturated heterocycles. The second-order valence-corrected chi connectivity index (χ2v) is 3.04. The zero-order valence-corrected chi connectivity index (χ0v) is 8.10. The van der Waals surface area contributed by atoms with Crippen LogP contribution in [0.4, 0.5) is 0 Å². The van der Waals surface area contributed by atoms with E-state index < -0.39 is 11.0 Å². The van der Waals surface area contributed by atoms with Crippen molar-refractivity contribution in [3.8, 4) is 0 Å². The molecule has 0 unspecified atom stereocenters. The Morgan fingerprint density at radius 2 is 1.69 bits per heavy atom. The van der Waals surface area contributed by atoms with Crippen LogP contribution in [0.5, 0.6) is 0 Å². The maximum absolute atomic E-state index is 11.0. The lowest BCUT2D eigenvalue weighted by Gasteiger charge is -1.97. The maximum atomic E-state index is 11.0. The number of halogens is 2. The molecule has 0 radical (unpaired) electrons. The van der Waals surface area contributed by atoms with Crippen molar-refractivity contribution in [2.24, 2.45) is 0 Å². The number of hydrogen-bond donors (Lipinski definition) is 0. The fourth-order valence-electron chi connectivity index (χ4n) is 0.859. The van der Waals surface area contributed by atoms with E-state index in [0.29, 0.717) is 5.88 Å². The van der Waals surface area contributed by atoms with Gasteiger partial charge < -0.3 is 0 Å². The number of carbonyl (C=O) groups excluding carboxylic acids is 2. The minimum absolute atomic E-state index is 0.286. The summed E-state index contributed by atoms with van der Waals surface area (Å²) >= 11 is 10.6. The molecular formula is C9H6Cl2O2. The lowest BCUT2D eigenvalue weighted by Crippen LogP contribution is -2.06. The fourth-order valence-corrected chi connectivity index (χ4v) is 1.15. The summed E-state index contributed by atoms with van der Waals surface area (Å²) < 4.78 is 0. The molecule has 1 aromatic carbocycles. The van der Waals surface area contributed by atoms with Crippen LogP contribution in [0.25, 0.3) is 0 Å². The van der Waals surface area contributed by atoms with E-state index in [1.807, 2.05) is 0 Å². The molecule has 4 heteroatoms. The van der Waals surface area contributed by atoms with Gasteiger partial charge in [-0.05, 0) is 17.2 Å². The molecular weight excluding hydrogens is 211 g/mol. The minimum Gasteiger partial charge on any atom is -0.284 e. The van der Waals surface area contributed by atoms with Crippen molar-refractivity contribution in [3.05, 3.63) is 35.4 Å². The number of Topliss-reactive ketones (excluding diaryl/α,β-unsaturated/α-hetero) is 1. The molecule has 0 atom stereocenters. The molecule has 0 aliphatic heterocycles. The number of benzene rings is 1. The fraction of sp³-hybridized carbons (Fsp3) is 0.111.